The highest BCUT2D eigenvalue weighted by molar-refractivity contribution is 7.92. The van der Waals surface area contributed by atoms with Crippen LogP contribution < -0.4 is 4.72 Å². The molecule has 0 aromatic heterocycles. The molecular formula is C18H21N3O4S2. The number of nitrogens with one attached hydrogen (secondary N) is 1. The number of anilines is 1. The van der Waals surface area contributed by atoms with E-state index >= 15 is 0 Å². The predicted molar refractivity (Wildman–Crippen MR) is 107 cm³/mol. The van der Waals surface area contributed by atoms with Gasteiger partial charge in [0.1, 0.15) is 0 Å². The summed E-state index contributed by atoms with van der Waals surface area (Å²) in [5, 5.41) is 4.33. The van der Waals surface area contributed by atoms with Crippen molar-refractivity contribution >= 4 is 31.4 Å². The van der Waals surface area contributed by atoms with Crippen LogP contribution in [-0.4, -0.2) is 39.5 Å². The molecule has 144 valence electrons. The van der Waals surface area contributed by atoms with Crippen LogP contribution in [-0.2, 0) is 20.0 Å². The maximum atomic E-state index is 12.2. The molecule has 3 rings (SSSR count). The molecule has 0 saturated carbocycles. The highest BCUT2D eigenvalue weighted by Crippen LogP contribution is 2.35. The van der Waals surface area contributed by atoms with Crippen molar-refractivity contribution in [3.05, 3.63) is 65.2 Å². The molecule has 0 unspecified atom stereocenters. The number of benzene rings is 2. The van der Waals surface area contributed by atoms with Gasteiger partial charge in [0.15, 0.2) is 0 Å². The number of aryl methyl sites for hydroxylation is 1. The van der Waals surface area contributed by atoms with Crippen molar-refractivity contribution < 1.29 is 16.8 Å². The zero-order chi connectivity index (χ0) is 19.8. The molecule has 0 saturated heterocycles. The second-order valence-corrected chi connectivity index (χ2v) is 10.3. The Morgan fingerprint density at radius 1 is 1.04 bits per heavy atom. The number of nitrogens with zero attached hydrogens (tertiary/aromatic N) is 2. The summed E-state index contributed by atoms with van der Waals surface area (Å²) in [5.74, 6) is 0. The zero-order valence-electron chi connectivity index (χ0n) is 15.2. The van der Waals surface area contributed by atoms with E-state index < -0.39 is 26.1 Å². The van der Waals surface area contributed by atoms with Crippen molar-refractivity contribution in [2.75, 3.05) is 17.2 Å². The van der Waals surface area contributed by atoms with Gasteiger partial charge in [-0.25, -0.2) is 16.8 Å². The third-order valence-corrected chi connectivity index (χ3v) is 5.80. The summed E-state index contributed by atoms with van der Waals surface area (Å²) >= 11 is 0. The van der Waals surface area contributed by atoms with Gasteiger partial charge in [-0.15, -0.1) is 0 Å². The standard InChI is InChI=1S/C18H21N3O4S2/c1-13-7-9-14(10-8-13)18-12-17(19-21(18)27(3,24)25)15-5-4-6-16(11-15)20-26(2,22)23/h4-11,18,20H,12H2,1-3H3/t18-/m1/s1. The Bertz CT molecular complexity index is 1090. The summed E-state index contributed by atoms with van der Waals surface area (Å²) in [6.45, 7) is 1.97. The van der Waals surface area contributed by atoms with Crippen molar-refractivity contribution in [2.24, 2.45) is 5.10 Å². The summed E-state index contributed by atoms with van der Waals surface area (Å²) in [6, 6.07) is 14.0. The normalized spacial score (nSPS) is 17.7. The summed E-state index contributed by atoms with van der Waals surface area (Å²) in [5.41, 5.74) is 3.61. The van der Waals surface area contributed by atoms with E-state index in [1.807, 2.05) is 31.2 Å². The molecule has 27 heavy (non-hydrogen) atoms. The Labute approximate surface area is 159 Å². The third kappa shape index (κ3) is 4.67. The molecule has 1 atom stereocenters. The number of rotatable bonds is 5. The lowest BCUT2D eigenvalue weighted by atomic mass is 9.98. The molecule has 9 heteroatoms. The maximum absolute atomic E-state index is 12.2. The van der Waals surface area contributed by atoms with E-state index in [0.717, 1.165) is 28.1 Å². The Kier molecular flexibility index (Phi) is 5.00. The second kappa shape index (κ2) is 6.97. The van der Waals surface area contributed by atoms with Gasteiger partial charge < -0.3 is 0 Å². The first kappa shape index (κ1) is 19.4. The van der Waals surface area contributed by atoms with Crippen molar-refractivity contribution in [3.8, 4) is 0 Å². The van der Waals surface area contributed by atoms with E-state index in [1.54, 1.807) is 24.3 Å². The fraction of sp³-hybridized carbons (Fsp3) is 0.278. The summed E-state index contributed by atoms with van der Waals surface area (Å²) in [6.07, 6.45) is 2.60. The lowest BCUT2D eigenvalue weighted by Crippen LogP contribution is -2.25. The van der Waals surface area contributed by atoms with Crippen molar-refractivity contribution in [2.45, 2.75) is 19.4 Å². The van der Waals surface area contributed by atoms with Crippen LogP contribution in [0.3, 0.4) is 0 Å². The summed E-state index contributed by atoms with van der Waals surface area (Å²) in [7, 11) is -6.96. The maximum Gasteiger partial charge on any atom is 0.247 e. The predicted octanol–water partition coefficient (Wildman–Crippen LogP) is 2.48. The molecule has 1 aliphatic heterocycles. The number of hydrazone groups is 1. The van der Waals surface area contributed by atoms with Crippen LogP contribution in [0.1, 0.15) is 29.2 Å². The Morgan fingerprint density at radius 3 is 2.30 bits per heavy atom. The Balaban J connectivity index is 1.97. The second-order valence-electron chi connectivity index (χ2n) is 6.67. The van der Waals surface area contributed by atoms with Gasteiger partial charge in [-0.3, -0.25) is 4.72 Å². The van der Waals surface area contributed by atoms with Gasteiger partial charge in [-0.05, 0) is 30.2 Å². The van der Waals surface area contributed by atoms with Gasteiger partial charge in [0.2, 0.25) is 20.0 Å². The van der Waals surface area contributed by atoms with Gasteiger partial charge in [0.25, 0.3) is 0 Å². The molecule has 0 aliphatic carbocycles. The minimum absolute atomic E-state index is 0.401. The average molecular weight is 408 g/mol. The lowest BCUT2D eigenvalue weighted by Gasteiger charge is -2.21. The molecule has 1 N–H and O–H groups in total. The van der Waals surface area contributed by atoms with Crippen LogP contribution in [0.2, 0.25) is 0 Å². The highest BCUT2D eigenvalue weighted by Gasteiger charge is 2.34. The average Bonchev–Trinajstić information content (AvgIpc) is 3.00. The zero-order valence-corrected chi connectivity index (χ0v) is 16.9. The molecule has 0 radical (unpaired) electrons. The van der Waals surface area contributed by atoms with Crippen LogP contribution in [0.4, 0.5) is 5.69 Å². The molecule has 0 fully saturated rings. The molecule has 7 nitrogen and oxygen atoms in total. The van der Waals surface area contributed by atoms with Gasteiger partial charge in [-0.2, -0.15) is 9.52 Å². The van der Waals surface area contributed by atoms with E-state index in [1.165, 1.54) is 0 Å². The fourth-order valence-corrected chi connectivity index (χ4v) is 4.44. The van der Waals surface area contributed by atoms with Crippen LogP contribution >= 0.6 is 0 Å². The molecule has 2 aromatic rings. The quantitative estimate of drug-likeness (QED) is 0.824. The SMILES string of the molecule is Cc1ccc([C@H]2CC(c3cccc(NS(C)(=O)=O)c3)=NN2S(C)(=O)=O)cc1. The monoisotopic (exact) mass is 407 g/mol. The summed E-state index contributed by atoms with van der Waals surface area (Å²) in [4.78, 5) is 0. The molecule has 0 bridgehead atoms. The largest absolute Gasteiger partial charge is 0.284 e. The van der Waals surface area contributed by atoms with E-state index in [9.17, 15) is 16.8 Å². The van der Waals surface area contributed by atoms with Gasteiger partial charge in [0.05, 0.1) is 24.3 Å². The number of hydrogen-bond donors (Lipinski definition) is 1. The summed E-state index contributed by atoms with van der Waals surface area (Å²) < 4.78 is 50.9. The van der Waals surface area contributed by atoms with Crippen LogP contribution in [0.5, 0.6) is 0 Å². The van der Waals surface area contributed by atoms with Crippen molar-refractivity contribution in [1.29, 1.82) is 0 Å². The van der Waals surface area contributed by atoms with E-state index in [2.05, 4.69) is 9.82 Å². The smallest absolute Gasteiger partial charge is 0.247 e. The molecule has 1 heterocycles. The minimum atomic E-state index is -3.56. The van der Waals surface area contributed by atoms with E-state index in [-0.39, 0.29) is 0 Å². The minimum Gasteiger partial charge on any atom is -0.284 e. The van der Waals surface area contributed by atoms with Gasteiger partial charge >= 0.3 is 0 Å². The van der Waals surface area contributed by atoms with E-state index in [4.69, 9.17) is 0 Å². The Hall–Kier alpha value is -2.39. The molecule has 0 amide bonds. The van der Waals surface area contributed by atoms with Crippen molar-refractivity contribution in [3.63, 3.8) is 0 Å². The number of hydrogen-bond acceptors (Lipinski definition) is 5. The van der Waals surface area contributed by atoms with Crippen LogP contribution in [0.25, 0.3) is 0 Å². The molecule has 0 spiro atoms. The molecule has 2 aromatic carbocycles. The van der Waals surface area contributed by atoms with Crippen LogP contribution in [0.15, 0.2) is 53.6 Å². The van der Waals surface area contributed by atoms with Gasteiger partial charge in [0, 0.05) is 12.1 Å². The first-order chi connectivity index (χ1) is 12.5. The first-order valence-electron chi connectivity index (χ1n) is 8.24. The Morgan fingerprint density at radius 2 is 1.70 bits per heavy atom. The van der Waals surface area contributed by atoms with Gasteiger partial charge in [-0.1, -0.05) is 42.0 Å². The fourth-order valence-electron chi connectivity index (χ4n) is 2.98. The van der Waals surface area contributed by atoms with Crippen molar-refractivity contribution in [1.82, 2.24) is 4.41 Å². The first-order valence-corrected chi connectivity index (χ1v) is 12.0. The third-order valence-electron chi connectivity index (χ3n) is 4.17. The number of sulfonamides is 2. The highest BCUT2D eigenvalue weighted by atomic mass is 32.2. The van der Waals surface area contributed by atoms with Crippen LogP contribution in [0, 0.1) is 6.92 Å². The topological polar surface area (TPSA) is 95.9 Å². The molecule has 1 aliphatic rings. The van der Waals surface area contributed by atoms with E-state index in [0.29, 0.717) is 23.4 Å². The lowest BCUT2D eigenvalue weighted by molar-refractivity contribution is 0.375. The molecular weight excluding hydrogens is 386 g/mol.